The van der Waals surface area contributed by atoms with Crippen LogP contribution in [0.5, 0.6) is 0 Å². The lowest BCUT2D eigenvalue weighted by Gasteiger charge is -2.27. The molecule has 5 heteroatoms. The number of halogens is 1. The third-order valence-electron chi connectivity index (χ3n) is 2.92. The number of benzene rings is 1. The quantitative estimate of drug-likeness (QED) is 0.859. The topological polar surface area (TPSA) is 50.4 Å². The van der Waals surface area contributed by atoms with Gasteiger partial charge in [-0.25, -0.2) is 9.18 Å². The van der Waals surface area contributed by atoms with Gasteiger partial charge in [-0.15, -0.1) is 0 Å². The summed E-state index contributed by atoms with van der Waals surface area (Å²) < 4.78 is 18.5. The molecule has 0 aliphatic carbocycles. The number of amides is 1. The van der Waals surface area contributed by atoms with Crippen molar-refractivity contribution < 1.29 is 13.9 Å². The van der Waals surface area contributed by atoms with Gasteiger partial charge in [-0.05, 0) is 18.5 Å². The summed E-state index contributed by atoms with van der Waals surface area (Å²) in [6.07, 6.45) is -1.03. The van der Waals surface area contributed by atoms with Crippen molar-refractivity contribution in [2.45, 2.75) is 25.2 Å². The minimum Gasteiger partial charge on any atom is -0.445 e. The molecule has 1 aliphatic heterocycles. The van der Waals surface area contributed by atoms with Gasteiger partial charge in [0.15, 0.2) is 0 Å². The molecule has 1 aliphatic rings. The Labute approximate surface area is 106 Å². The van der Waals surface area contributed by atoms with Crippen LogP contribution in [0, 0.1) is 0 Å². The highest BCUT2D eigenvalue weighted by Gasteiger charge is 2.26. The number of ether oxygens (including phenoxy) is 1. The van der Waals surface area contributed by atoms with E-state index in [0.717, 1.165) is 5.56 Å². The Morgan fingerprint density at radius 3 is 2.94 bits per heavy atom. The van der Waals surface area contributed by atoms with E-state index in [1.807, 2.05) is 30.3 Å². The van der Waals surface area contributed by atoms with Crippen molar-refractivity contribution in [2.75, 3.05) is 13.1 Å². The van der Waals surface area contributed by atoms with Crippen molar-refractivity contribution in [2.24, 2.45) is 0 Å². The van der Waals surface area contributed by atoms with E-state index >= 15 is 0 Å². The van der Waals surface area contributed by atoms with Crippen LogP contribution in [-0.2, 0) is 11.3 Å². The largest absolute Gasteiger partial charge is 0.445 e. The molecule has 1 aromatic rings. The molecule has 0 spiro atoms. The maximum absolute atomic E-state index is 13.4. The van der Waals surface area contributed by atoms with E-state index in [4.69, 9.17) is 4.74 Å². The third kappa shape index (κ3) is 3.70. The molecule has 0 aromatic heterocycles. The zero-order valence-corrected chi connectivity index (χ0v) is 10.1. The van der Waals surface area contributed by atoms with Crippen LogP contribution in [0.1, 0.15) is 12.0 Å². The molecule has 1 heterocycles. The highest BCUT2D eigenvalue weighted by Crippen LogP contribution is 2.08. The van der Waals surface area contributed by atoms with Crippen LogP contribution in [-0.4, -0.2) is 31.4 Å². The summed E-state index contributed by atoms with van der Waals surface area (Å²) in [5, 5.41) is 5.49. The predicted octanol–water partition coefficient (Wildman–Crippen LogP) is 1.61. The summed E-state index contributed by atoms with van der Waals surface area (Å²) in [6.45, 7) is 1.20. The van der Waals surface area contributed by atoms with Gasteiger partial charge in [0, 0.05) is 6.54 Å². The molecule has 2 N–H and O–H groups in total. The second kappa shape index (κ2) is 6.35. The fourth-order valence-corrected chi connectivity index (χ4v) is 1.90. The van der Waals surface area contributed by atoms with E-state index in [-0.39, 0.29) is 13.2 Å². The summed E-state index contributed by atoms with van der Waals surface area (Å²) in [5.74, 6) is 0. The number of rotatable bonds is 3. The fourth-order valence-electron chi connectivity index (χ4n) is 1.90. The van der Waals surface area contributed by atoms with Crippen molar-refractivity contribution in [3.8, 4) is 0 Å². The first-order valence-electron chi connectivity index (χ1n) is 6.07. The summed E-state index contributed by atoms with van der Waals surface area (Å²) in [4.78, 5) is 11.5. The van der Waals surface area contributed by atoms with Gasteiger partial charge in [-0.3, -0.25) is 0 Å². The van der Waals surface area contributed by atoms with Gasteiger partial charge in [0.1, 0.15) is 12.8 Å². The van der Waals surface area contributed by atoms with E-state index < -0.39 is 18.3 Å². The second-order valence-electron chi connectivity index (χ2n) is 4.32. The van der Waals surface area contributed by atoms with Crippen LogP contribution >= 0.6 is 0 Å². The average Bonchev–Trinajstić information content (AvgIpc) is 2.40. The Hall–Kier alpha value is -1.62. The number of alkyl halides is 1. The van der Waals surface area contributed by atoms with Gasteiger partial charge < -0.3 is 15.4 Å². The lowest BCUT2D eigenvalue weighted by atomic mass is 10.1. The maximum Gasteiger partial charge on any atom is 0.407 e. The lowest BCUT2D eigenvalue weighted by Crippen LogP contribution is -2.50. The minimum absolute atomic E-state index is 0.203. The normalized spacial score (nSPS) is 23.4. The van der Waals surface area contributed by atoms with Gasteiger partial charge in [0.05, 0.1) is 6.04 Å². The van der Waals surface area contributed by atoms with Crippen molar-refractivity contribution >= 4 is 6.09 Å². The molecular formula is C13H17FN2O2. The van der Waals surface area contributed by atoms with Crippen molar-refractivity contribution in [3.63, 3.8) is 0 Å². The molecule has 0 radical (unpaired) electrons. The van der Waals surface area contributed by atoms with Gasteiger partial charge in [0.25, 0.3) is 0 Å². The van der Waals surface area contributed by atoms with Gasteiger partial charge in [-0.2, -0.15) is 0 Å². The van der Waals surface area contributed by atoms with Crippen LogP contribution in [0.3, 0.4) is 0 Å². The summed E-state index contributed by atoms with van der Waals surface area (Å²) >= 11 is 0. The van der Waals surface area contributed by atoms with Gasteiger partial charge in [0.2, 0.25) is 0 Å². The first-order valence-corrected chi connectivity index (χ1v) is 6.07. The second-order valence-corrected chi connectivity index (χ2v) is 4.32. The molecule has 2 atom stereocenters. The molecule has 98 valence electrons. The van der Waals surface area contributed by atoms with Crippen molar-refractivity contribution in [1.82, 2.24) is 10.6 Å². The van der Waals surface area contributed by atoms with E-state index in [2.05, 4.69) is 10.6 Å². The number of carbonyl (C=O) groups is 1. The Morgan fingerprint density at radius 2 is 2.22 bits per heavy atom. The Balaban J connectivity index is 1.75. The predicted molar refractivity (Wildman–Crippen MR) is 65.9 cm³/mol. The van der Waals surface area contributed by atoms with Crippen LogP contribution in [0.2, 0.25) is 0 Å². The standard InChI is InChI=1S/C13H17FN2O2/c14-11-8-15-7-6-12(11)16-13(17)18-9-10-4-2-1-3-5-10/h1-5,11-12,15H,6-9H2,(H,16,17)/t11-,12+/m0/s1. The highest BCUT2D eigenvalue weighted by molar-refractivity contribution is 5.67. The Kier molecular flexibility index (Phi) is 4.52. The molecule has 1 aromatic carbocycles. The monoisotopic (exact) mass is 252 g/mol. The third-order valence-corrected chi connectivity index (χ3v) is 2.92. The number of piperidine rings is 1. The number of carbonyl (C=O) groups excluding carboxylic acids is 1. The summed E-state index contributed by atoms with van der Waals surface area (Å²) in [7, 11) is 0. The molecule has 1 amide bonds. The van der Waals surface area contributed by atoms with E-state index in [0.29, 0.717) is 13.0 Å². The fraction of sp³-hybridized carbons (Fsp3) is 0.462. The zero-order valence-electron chi connectivity index (χ0n) is 10.1. The first-order chi connectivity index (χ1) is 8.75. The molecule has 18 heavy (non-hydrogen) atoms. The van der Waals surface area contributed by atoms with E-state index in [9.17, 15) is 9.18 Å². The maximum atomic E-state index is 13.4. The molecular weight excluding hydrogens is 235 g/mol. The zero-order chi connectivity index (χ0) is 12.8. The number of hydrogen-bond acceptors (Lipinski definition) is 3. The van der Waals surface area contributed by atoms with Gasteiger partial charge >= 0.3 is 6.09 Å². The van der Waals surface area contributed by atoms with Crippen LogP contribution in [0.15, 0.2) is 30.3 Å². The number of hydrogen-bond donors (Lipinski definition) is 2. The number of nitrogens with one attached hydrogen (secondary N) is 2. The molecule has 2 rings (SSSR count). The molecule has 1 saturated heterocycles. The van der Waals surface area contributed by atoms with Crippen LogP contribution in [0.25, 0.3) is 0 Å². The Bertz CT molecular complexity index is 386. The average molecular weight is 252 g/mol. The van der Waals surface area contributed by atoms with Crippen molar-refractivity contribution in [3.05, 3.63) is 35.9 Å². The molecule has 1 fully saturated rings. The lowest BCUT2D eigenvalue weighted by molar-refractivity contribution is 0.122. The van der Waals surface area contributed by atoms with Crippen LogP contribution in [0.4, 0.5) is 9.18 Å². The molecule has 4 nitrogen and oxygen atoms in total. The minimum atomic E-state index is -1.05. The van der Waals surface area contributed by atoms with Crippen LogP contribution < -0.4 is 10.6 Å². The smallest absolute Gasteiger partial charge is 0.407 e. The van der Waals surface area contributed by atoms with Gasteiger partial charge in [-0.1, -0.05) is 30.3 Å². The molecule has 0 unspecified atom stereocenters. The summed E-state index contributed by atoms with van der Waals surface area (Å²) in [5.41, 5.74) is 0.912. The van der Waals surface area contributed by atoms with Crippen molar-refractivity contribution in [1.29, 1.82) is 0 Å². The Morgan fingerprint density at radius 1 is 1.44 bits per heavy atom. The summed E-state index contributed by atoms with van der Waals surface area (Å²) in [6, 6.07) is 8.94. The van der Waals surface area contributed by atoms with E-state index in [1.54, 1.807) is 0 Å². The number of alkyl carbamates (subject to hydrolysis) is 1. The highest BCUT2D eigenvalue weighted by atomic mass is 19.1. The SMILES string of the molecule is O=C(N[C@@H]1CCNC[C@@H]1F)OCc1ccccc1. The first kappa shape index (κ1) is 12.8. The van der Waals surface area contributed by atoms with E-state index in [1.165, 1.54) is 0 Å². The molecule has 0 bridgehead atoms. The molecule has 0 saturated carbocycles.